The Bertz CT molecular complexity index is 909. The lowest BCUT2D eigenvalue weighted by Gasteiger charge is -2.31. The highest BCUT2D eigenvalue weighted by Crippen LogP contribution is 2.34. The van der Waals surface area contributed by atoms with Gasteiger partial charge < -0.3 is 15.5 Å². The van der Waals surface area contributed by atoms with Crippen molar-refractivity contribution in [3.05, 3.63) is 41.2 Å². The highest BCUT2D eigenvalue weighted by atomic mass is 16.2. The first-order valence-electron chi connectivity index (χ1n) is 11.6. The normalized spacial score (nSPS) is 16.3. The largest absolute Gasteiger partial charge is 0.371 e. The third-order valence-corrected chi connectivity index (χ3v) is 6.05. The molecule has 1 aromatic carbocycles. The van der Waals surface area contributed by atoms with Gasteiger partial charge in [0.2, 0.25) is 5.91 Å². The first-order chi connectivity index (χ1) is 15.2. The summed E-state index contributed by atoms with van der Waals surface area (Å²) >= 11 is 0. The maximum atomic E-state index is 12.4. The van der Waals surface area contributed by atoms with E-state index < -0.39 is 0 Å². The molecule has 0 saturated carbocycles. The number of hydrogen-bond donors (Lipinski definition) is 2. The number of aromatic nitrogens is 2. The average Bonchev–Trinajstić information content (AvgIpc) is 3.27. The van der Waals surface area contributed by atoms with Crippen LogP contribution in [0.2, 0.25) is 0 Å². The number of fused-ring (bicyclic) bond motifs is 1. The summed E-state index contributed by atoms with van der Waals surface area (Å²) in [6.07, 6.45) is 6.85. The molecule has 7 heteroatoms. The number of likely N-dealkylation sites (tertiary alicyclic amines) is 1. The molecule has 2 aliphatic rings. The molecule has 2 aromatic rings. The molecule has 1 aromatic heterocycles. The lowest BCUT2D eigenvalue weighted by Crippen LogP contribution is -2.39. The minimum Gasteiger partial charge on any atom is -0.371 e. The van der Waals surface area contributed by atoms with E-state index in [2.05, 4.69) is 56.6 Å². The lowest BCUT2D eigenvalue weighted by molar-refractivity contribution is -0.115. The summed E-state index contributed by atoms with van der Waals surface area (Å²) in [7, 11) is 1.84. The molecule has 0 unspecified atom stereocenters. The van der Waals surface area contributed by atoms with Crippen molar-refractivity contribution >= 4 is 23.2 Å². The second kappa shape index (κ2) is 10.1. The number of anilines is 3. The zero-order chi connectivity index (χ0) is 21.6. The predicted octanol–water partition coefficient (Wildman–Crippen LogP) is 3.81. The molecule has 0 atom stereocenters. The molecule has 4 rings (SSSR count). The van der Waals surface area contributed by atoms with Gasteiger partial charge in [-0.05, 0) is 43.5 Å². The topological polar surface area (TPSA) is 73.4 Å². The van der Waals surface area contributed by atoms with Gasteiger partial charge in [0.25, 0.3) is 0 Å². The van der Waals surface area contributed by atoms with E-state index in [1.54, 1.807) is 0 Å². The Hall–Kier alpha value is -2.67. The van der Waals surface area contributed by atoms with Crippen LogP contribution in [0.15, 0.2) is 24.3 Å². The van der Waals surface area contributed by atoms with Crippen LogP contribution in [-0.4, -0.2) is 47.5 Å². The summed E-state index contributed by atoms with van der Waals surface area (Å²) in [6, 6.07) is 8.74. The Labute approximate surface area is 185 Å². The summed E-state index contributed by atoms with van der Waals surface area (Å²) in [6.45, 7) is 6.53. The van der Waals surface area contributed by atoms with Crippen molar-refractivity contribution in [2.45, 2.75) is 58.5 Å². The Morgan fingerprint density at radius 2 is 1.87 bits per heavy atom. The highest BCUT2D eigenvalue weighted by Gasteiger charge is 2.27. The monoisotopic (exact) mass is 422 g/mol. The Morgan fingerprint density at radius 3 is 2.61 bits per heavy atom. The number of carbonyl (C=O) groups excluding carboxylic acids is 1. The molecule has 0 spiro atoms. The van der Waals surface area contributed by atoms with Gasteiger partial charge in [-0.25, -0.2) is 9.97 Å². The van der Waals surface area contributed by atoms with Crippen molar-refractivity contribution in [3.8, 4) is 0 Å². The van der Waals surface area contributed by atoms with E-state index in [1.807, 2.05) is 7.05 Å². The van der Waals surface area contributed by atoms with Crippen LogP contribution in [0.5, 0.6) is 0 Å². The van der Waals surface area contributed by atoms with Gasteiger partial charge in [0.1, 0.15) is 11.5 Å². The zero-order valence-corrected chi connectivity index (χ0v) is 18.8. The molecule has 166 valence electrons. The first-order valence-corrected chi connectivity index (χ1v) is 11.6. The number of benzene rings is 1. The van der Waals surface area contributed by atoms with E-state index in [1.165, 1.54) is 49.9 Å². The third kappa shape index (κ3) is 5.34. The maximum Gasteiger partial charge on any atom is 0.244 e. The molecule has 3 heterocycles. The van der Waals surface area contributed by atoms with Crippen LogP contribution in [-0.2, 0) is 24.3 Å². The lowest BCUT2D eigenvalue weighted by atomic mass is 10.1. The quantitative estimate of drug-likeness (QED) is 0.599. The van der Waals surface area contributed by atoms with Crippen LogP contribution < -0.4 is 15.5 Å². The van der Waals surface area contributed by atoms with Gasteiger partial charge >= 0.3 is 0 Å². The van der Waals surface area contributed by atoms with Gasteiger partial charge in [-0.1, -0.05) is 44.0 Å². The van der Waals surface area contributed by atoms with E-state index in [-0.39, 0.29) is 5.91 Å². The van der Waals surface area contributed by atoms with Crippen LogP contribution in [0.1, 0.15) is 56.0 Å². The first kappa shape index (κ1) is 21.6. The number of unbranched alkanes of at least 4 members (excludes halogenated alkanes) is 2. The van der Waals surface area contributed by atoms with Crippen LogP contribution in [0, 0.1) is 0 Å². The van der Waals surface area contributed by atoms with Gasteiger partial charge in [0.05, 0.1) is 6.54 Å². The Balaban J connectivity index is 1.56. The summed E-state index contributed by atoms with van der Waals surface area (Å²) in [5.74, 6) is 2.31. The van der Waals surface area contributed by atoms with Gasteiger partial charge in [0, 0.05) is 26.6 Å². The van der Waals surface area contributed by atoms with Crippen LogP contribution in [0.25, 0.3) is 0 Å². The molecular formula is C24H34N6O. The third-order valence-electron chi connectivity index (χ3n) is 6.05. The predicted molar refractivity (Wildman–Crippen MR) is 125 cm³/mol. The standard InChI is InChI=1S/C24H34N6O/c1-3-4-5-11-20-26-23(25-2)22-24(27-20)30(17-21(31)28-22)16-19-10-8-9-18(14-19)15-29-12-6-7-13-29/h8-10,14H,3-7,11-13,15-17H2,1-2H3,(H,28,31)(H,25,26,27). The molecule has 1 fully saturated rings. The van der Waals surface area contributed by atoms with E-state index in [0.29, 0.717) is 24.6 Å². The number of amides is 1. The molecule has 1 saturated heterocycles. The number of hydrogen-bond acceptors (Lipinski definition) is 6. The Kier molecular flexibility index (Phi) is 7.02. The minimum atomic E-state index is -0.0282. The molecule has 2 aliphatic heterocycles. The number of carbonyl (C=O) groups is 1. The molecule has 1 amide bonds. The molecule has 31 heavy (non-hydrogen) atoms. The molecule has 2 N–H and O–H groups in total. The van der Waals surface area contributed by atoms with Crippen molar-refractivity contribution in [3.63, 3.8) is 0 Å². The number of nitrogens with one attached hydrogen (secondary N) is 2. The van der Waals surface area contributed by atoms with Crippen molar-refractivity contribution in [1.82, 2.24) is 14.9 Å². The second-order valence-electron chi connectivity index (χ2n) is 8.60. The highest BCUT2D eigenvalue weighted by molar-refractivity contribution is 6.03. The molecule has 0 aliphatic carbocycles. The summed E-state index contributed by atoms with van der Waals surface area (Å²) in [4.78, 5) is 26.6. The van der Waals surface area contributed by atoms with Crippen LogP contribution in [0.4, 0.5) is 17.3 Å². The summed E-state index contributed by atoms with van der Waals surface area (Å²) < 4.78 is 0. The van der Waals surface area contributed by atoms with Crippen LogP contribution in [0.3, 0.4) is 0 Å². The maximum absolute atomic E-state index is 12.4. The summed E-state index contributed by atoms with van der Waals surface area (Å²) in [5.41, 5.74) is 3.22. The van der Waals surface area contributed by atoms with Crippen molar-refractivity contribution < 1.29 is 4.79 Å². The SMILES string of the molecule is CCCCCc1nc(NC)c2c(n1)N(Cc1cccc(CN3CCCC3)c1)CC(=O)N2. The fourth-order valence-corrected chi connectivity index (χ4v) is 4.47. The number of rotatable bonds is 9. The van der Waals surface area contributed by atoms with Gasteiger partial charge in [-0.3, -0.25) is 9.69 Å². The van der Waals surface area contributed by atoms with Gasteiger partial charge in [0.15, 0.2) is 11.6 Å². The van der Waals surface area contributed by atoms with E-state index in [0.717, 1.165) is 31.0 Å². The fourth-order valence-electron chi connectivity index (χ4n) is 4.47. The van der Waals surface area contributed by atoms with E-state index >= 15 is 0 Å². The van der Waals surface area contributed by atoms with Gasteiger partial charge in [-0.2, -0.15) is 0 Å². The minimum absolute atomic E-state index is 0.0282. The summed E-state index contributed by atoms with van der Waals surface area (Å²) in [5, 5.41) is 6.12. The molecule has 0 radical (unpaired) electrons. The smallest absolute Gasteiger partial charge is 0.244 e. The van der Waals surface area contributed by atoms with Gasteiger partial charge in [-0.15, -0.1) is 0 Å². The van der Waals surface area contributed by atoms with E-state index in [4.69, 9.17) is 4.98 Å². The fraction of sp³-hybridized carbons (Fsp3) is 0.542. The number of aryl methyl sites for hydroxylation is 1. The van der Waals surface area contributed by atoms with Crippen LogP contribution >= 0.6 is 0 Å². The van der Waals surface area contributed by atoms with Crippen molar-refractivity contribution in [2.24, 2.45) is 0 Å². The van der Waals surface area contributed by atoms with Crippen molar-refractivity contribution in [1.29, 1.82) is 0 Å². The van der Waals surface area contributed by atoms with E-state index in [9.17, 15) is 4.79 Å². The average molecular weight is 423 g/mol. The molecule has 7 nitrogen and oxygen atoms in total. The number of nitrogens with zero attached hydrogens (tertiary/aromatic N) is 4. The Morgan fingerprint density at radius 1 is 1.10 bits per heavy atom. The zero-order valence-electron chi connectivity index (χ0n) is 18.8. The second-order valence-corrected chi connectivity index (χ2v) is 8.60. The van der Waals surface area contributed by atoms with Crippen molar-refractivity contribution in [2.75, 3.05) is 42.2 Å². The molecule has 0 bridgehead atoms. The molecular weight excluding hydrogens is 388 g/mol.